The molecule has 2 aromatic rings. The summed E-state index contributed by atoms with van der Waals surface area (Å²) in [5.41, 5.74) is 3.61. The molecule has 0 atom stereocenters. The summed E-state index contributed by atoms with van der Waals surface area (Å²) < 4.78 is 1.24. The van der Waals surface area contributed by atoms with Crippen molar-refractivity contribution in [2.24, 2.45) is 0 Å². The predicted molar refractivity (Wildman–Crippen MR) is 62.6 cm³/mol. The van der Waals surface area contributed by atoms with Gasteiger partial charge in [-0.1, -0.05) is 0 Å². The Morgan fingerprint density at radius 3 is 2.43 bits per heavy atom. The van der Waals surface area contributed by atoms with Gasteiger partial charge in [-0.25, -0.2) is 0 Å². The second-order valence-electron chi connectivity index (χ2n) is 3.32. The average molecular weight is 379 g/mol. The molecule has 0 aliphatic rings. The molecule has 0 saturated heterocycles. The number of nitrogens with zero attached hydrogens (tertiary/aromatic N) is 1. The van der Waals surface area contributed by atoms with Crippen LogP contribution < -0.4 is 3.40 Å². The van der Waals surface area contributed by atoms with Gasteiger partial charge in [-0.15, -0.1) is 0 Å². The summed E-state index contributed by atoms with van der Waals surface area (Å²) >= 11 is 0.808. The summed E-state index contributed by atoms with van der Waals surface area (Å²) in [5, 5.41) is 0. The number of rotatable bonds is 1. The molecule has 70 valence electrons. The summed E-state index contributed by atoms with van der Waals surface area (Å²) in [5.74, 6) is 0. The summed E-state index contributed by atoms with van der Waals surface area (Å²) in [6.07, 6.45) is 0. The summed E-state index contributed by atoms with van der Waals surface area (Å²) in [4.78, 5) is 4.58. The summed E-state index contributed by atoms with van der Waals surface area (Å²) in [7, 11) is 0. The van der Waals surface area contributed by atoms with Crippen LogP contribution in [-0.4, -0.2) is 29.7 Å². The molecule has 0 spiro atoms. The number of aromatic nitrogens is 1. The molecule has 14 heavy (non-hydrogen) atoms. The molecule has 0 amide bonds. The van der Waals surface area contributed by atoms with Crippen molar-refractivity contribution in [3.8, 4) is 11.3 Å². The first kappa shape index (κ1) is 9.79. The topological polar surface area (TPSA) is 12.9 Å². The fourth-order valence-corrected chi connectivity index (χ4v) is 3.01. The van der Waals surface area contributed by atoms with Crippen molar-refractivity contribution in [2.75, 3.05) is 0 Å². The van der Waals surface area contributed by atoms with Crippen molar-refractivity contribution in [1.82, 2.24) is 4.98 Å². The first-order valence-electron chi connectivity index (χ1n) is 4.55. The van der Waals surface area contributed by atoms with E-state index in [0.29, 0.717) is 0 Å². The Labute approximate surface area is 99.0 Å². The van der Waals surface area contributed by atoms with Crippen molar-refractivity contribution in [2.45, 2.75) is 6.92 Å². The predicted octanol–water partition coefficient (Wildman–Crippen LogP) is 1.32. The molecule has 0 aliphatic carbocycles. The van der Waals surface area contributed by atoms with E-state index in [4.69, 9.17) is 0 Å². The van der Waals surface area contributed by atoms with Crippen LogP contribution in [0.5, 0.6) is 0 Å². The van der Waals surface area contributed by atoms with E-state index in [-0.39, 0.29) is 0 Å². The number of hydrogen-bond acceptors (Lipinski definition) is 1. The molecule has 0 N–H and O–H groups in total. The second-order valence-corrected chi connectivity index (χ2v) is 5.62. The number of aryl methyl sites for hydroxylation is 1. The third-order valence-electron chi connectivity index (χ3n) is 2.06. The van der Waals surface area contributed by atoms with Gasteiger partial charge in [0.05, 0.1) is 0 Å². The van der Waals surface area contributed by atoms with E-state index in [1.165, 1.54) is 14.5 Å². The Kier molecular flexibility index (Phi) is 2.93. The van der Waals surface area contributed by atoms with E-state index < -0.39 is 0 Å². The van der Waals surface area contributed by atoms with Gasteiger partial charge in [-0.3, -0.25) is 0 Å². The molecule has 0 unspecified atom stereocenters. The quantitative estimate of drug-likeness (QED) is 0.682. The molecule has 2 heteroatoms. The molecule has 1 aromatic heterocycles. The van der Waals surface area contributed by atoms with Crippen LogP contribution in [0.15, 0.2) is 42.5 Å². The molecule has 0 radical (unpaired) electrons. The Balaban J connectivity index is 2.52. The van der Waals surface area contributed by atoms with Gasteiger partial charge in [-0.2, -0.15) is 0 Å². The van der Waals surface area contributed by atoms with E-state index >= 15 is 0 Å². The van der Waals surface area contributed by atoms with E-state index in [0.717, 1.165) is 30.4 Å². The zero-order valence-corrected chi connectivity index (χ0v) is 12.6. The summed E-state index contributed by atoms with van der Waals surface area (Å²) in [6, 6.07) is 14.6. The van der Waals surface area contributed by atoms with Crippen molar-refractivity contribution in [3.63, 3.8) is 0 Å². The van der Waals surface area contributed by atoms with Crippen LogP contribution in [-0.2, 0) is 0 Å². The van der Waals surface area contributed by atoms with Crippen molar-refractivity contribution in [3.05, 3.63) is 48.0 Å². The summed E-state index contributed by atoms with van der Waals surface area (Å²) in [6.45, 7) is 2.12. The van der Waals surface area contributed by atoms with Crippen LogP contribution in [0.2, 0.25) is 0 Å². The van der Waals surface area contributed by atoms with Crippen LogP contribution >= 0.6 is 0 Å². The third kappa shape index (κ3) is 2.19. The Morgan fingerprint density at radius 2 is 1.79 bits per heavy atom. The fourth-order valence-electron chi connectivity index (χ4n) is 1.45. The maximum atomic E-state index is 4.58. The molecular weight excluding hydrogens is 367 g/mol. The van der Waals surface area contributed by atoms with E-state index in [1.54, 1.807) is 0 Å². The second kappa shape index (κ2) is 4.19. The van der Waals surface area contributed by atoms with Crippen LogP contribution in [0.3, 0.4) is 0 Å². The first-order chi connectivity index (χ1) is 6.75. The van der Waals surface area contributed by atoms with Gasteiger partial charge in [0.25, 0.3) is 0 Å². The Morgan fingerprint density at radius 1 is 1.07 bits per heavy atom. The van der Waals surface area contributed by atoms with Crippen molar-refractivity contribution in [1.29, 1.82) is 0 Å². The molecule has 1 aromatic carbocycles. The monoisotopic (exact) mass is 379 g/mol. The average Bonchev–Trinajstić information content (AvgIpc) is 2.18. The SMILES string of the molecule is Cc1c[c]([BiH2])nc(-c2ccccc2)c1. The van der Waals surface area contributed by atoms with Crippen LogP contribution in [0.4, 0.5) is 0 Å². The van der Waals surface area contributed by atoms with Gasteiger partial charge < -0.3 is 0 Å². The van der Waals surface area contributed by atoms with Gasteiger partial charge in [0.2, 0.25) is 0 Å². The molecule has 0 fully saturated rings. The standard InChI is InChI=1S/C12H10N.Bi.2H/c1-10-7-8-13-12(9-10)11-5-3-2-4-6-11;;;/h2-7,9H,1H3;;;. The van der Waals surface area contributed by atoms with E-state index in [9.17, 15) is 0 Å². The molecule has 1 heterocycles. The third-order valence-corrected chi connectivity index (χ3v) is 3.21. The van der Waals surface area contributed by atoms with E-state index in [2.05, 4.69) is 36.2 Å². The number of benzene rings is 1. The van der Waals surface area contributed by atoms with Crippen molar-refractivity contribution >= 4 is 28.1 Å². The van der Waals surface area contributed by atoms with Gasteiger partial charge in [0, 0.05) is 0 Å². The number of hydrogen-bond donors (Lipinski definition) is 0. The molecule has 0 aliphatic heterocycles. The van der Waals surface area contributed by atoms with Crippen molar-refractivity contribution < 1.29 is 0 Å². The van der Waals surface area contributed by atoms with E-state index in [1.807, 2.05) is 18.2 Å². The van der Waals surface area contributed by atoms with Gasteiger partial charge in [-0.05, 0) is 0 Å². The minimum absolute atomic E-state index is 0.808. The minimum atomic E-state index is 0.808. The van der Waals surface area contributed by atoms with Crippen LogP contribution in [0.25, 0.3) is 11.3 Å². The van der Waals surface area contributed by atoms with Gasteiger partial charge >= 0.3 is 99.3 Å². The van der Waals surface area contributed by atoms with Crippen LogP contribution in [0, 0.1) is 6.92 Å². The van der Waals surface area contributed by atoms with Gasteiger partial charge in [0.15, 0.2) is 0 Å². The zero-order valence-electron chi connectivity index (χ0n) is 8.07. The Hall–Kier alpha value is -0.747. The first-order valence-corrected chi connectivity index (χ1v) is 6.80. The normalized spacial score (nSPS) is 10.1. The molecule has 2 rings (SSSR count). The maximum absolute atomic E-state index is 4.58. The molecule has 0 bridgehead atoms. The number of pyridine rings is 1. The Bertz CT molecular complexity index is 417. The zero-order chi connectivity index (χ0) is 9.97. The van der Waals surface area contributed by atoms with Crippen LogP contribution in [0.1, 0.15) is 5.56 Å². The van der Waals surface area contributed by atoms with Gasteiger partial charge in [0.1, 0.15) is 0 Å². The molecule has 1 nitrogen and oxygen atoms in total. The molecular formula is C12H12BiN. The fraction of sp³-hybridized carbons (Fsp3) is 0.0833. The molecule has 0 saturated carbocycles.